The van der Waals surface area contributed by atoms with Crippen molar-refractivity contribution < 1.29 is 4.74 Å². The SMILES string of the molecule is Cc1cccc(-n2cc(I)c3c(NC4CCOCC4)ncnc32)c1. The van der Waals surface area contributed by atoms with Crippen LogP contribution in [0.5, 0.6) is 0 Å². The van der Waals surface area contributed by atoms with Gasteiger partial charge in [-0.15, -0.1) is 0 Å². The summed E-state index contributed by atoms with van der Waals surface area (Å²) < 4.78 is 8.74. The number of nitrogens with zero attached hydrogens (tertiary/aromatic N) is 3. The number of aryl methyl sites for hydroxylation is 1. The van der Waals surface area contributed by atoms with Crippen LogP contribution in [0.1, 0.15) is 18.4 Å². The van der Waals surface area contributed by atoms with Crippen LogP contribution in [0, 0.1) is 10.5 Å². The van der Waals surface area contributed by atoms with Gasteiger partial charge >= 0.3 is 0 Å². The van der Waals surface area contributed by atoms with Crippen molar-refractivity contribution >= 4 is 39.4 Å². The van der Waals surface area contributed by atoms with Crippen LogP contribution in [0.2, 0.25) is 0 Å². The zero-order valence-corrected chi connectivity index (χ0v) is 15.7. The van der Waals surface area contributed by atoms with Crippen LogP contribution in [0.15, 0.2) is 36.8 Å². The van der Waals surface area contributed by atoms with Crippen molar-refractivity contribution in [2.24, 2.45) is 0 Å². The molecule has 0 unspecified atom stereocenters. The molecular weight excluding hydrogens is 415 g/mol. The lowest BCUT2D eigenvalue weighted by Crippen LogP contribution is -2.28. The third kappa shape index (κ3) is 3.00. The number of hydrogen-bond acceptors (Lipinski definition) is 4. The highest BCUT2D eigenvalue weighted by molar-refractivity contribution is 14.1. The highest BCUT2D eigenvalue weighted by Crippen LogP contribution is 2.30. The first-order valence-corrected chi connectivity index (χ1v) is 9.23. The molecule has 1 saturated heterocycles. The zero-order valence-electron chi connectivity index (χ0n) is 13.5. The normalized spacial score (nSPS) is 15.8. The molecule has 1 N–H and O–H groups in total. The molecule has 0 bridgehead atoms. The van der Waals surface area contributed by atoms with E-state index >= 15 is 0 Å². The van der Waals surface area contributed by atoms with Crippen molar-refractivity contribution in [1.82, 2.24) is 14.5 Å². The molecule has 0 radical (unpaired) electrons. The van der Waals surface area contributed by atoms with E-state index in [9.17, 15) is 0 Å². The van der Waals surface area contributed by atoms with Gasteiger partial charge in [-0.2, -0.15) is 0 Å². The Morgan fingerprint density at radius 1 is 1.25 bits per heavy atom. The second kappa shape index (κ2) is 6.68. The Kier molecular flexibility index (Phi) is 4.41. The van der Waals surface area contributed by atoms with Crippen LogP contribution in [0.25, 0.3) is 16.7 Å². The number of hydrogen-bond donors (Lipinski definition) is 1. The van der Waals surface area contributed by atoms with E-state index in [1.807, 2.05) is 0 Å². The van der Waals surface area contributed by atoms with Crippen molar-refractivity contribution in [3.63, 3.8) is 0 Å². The Morgan fingerprint density at radius 2 is 2.08 bits per heavy atom. The average Bonchev–Trinajstić information content (AvgIpc) is 2.94. The van der Waals surface area contributed by atoms with Crippen LogP contribution in [0.4, 0.5) is 5.82 Å². The minimum Gasteiger partial charge on any atom is -0.381 e. The number of aromatic nitrogens is 3. The lowest BCUT2D eigenvalue weighted by Gasteiger charge is -2.23. The van der Waals surface area contributed by atoms with Gasteiger partial charge in [-0.3, -0.25) is 0 Å². The fourth-order valence-corrected chi connectivity index (χ4v) is 3.91. The number of rotatable bonds is 3. The summed E-state index contributed by atoms with van der Waals surface area (Å²) in [5, 5.41) is 4.68. The van der Waals surface area contributed by atoms with Crippen molar-refractivity contribution in [2.75, 3.05) is 18.5 Å². The van der Waals surface area contributed by atoms with Gasteiger partial charge < -0.3 is 14.6 Å². The molecule has 0 saturated carbocycles. The molecule has 1 aliphatic heterocycles. The van der Waals surface area contributed by atoms with E-state index < -0.39 is 0 Å². The molecule has 24 heavy (non-hydrogen) atoms. The highest BCUT2D eigenvalue weighted by atomic mass is 127. The van der Waals surface area contributed by atoms with Gasteiger partial charge in [-0.1, -0.05) is 12.1 Å². The van der Waals surface area contributed by atoms with E-state index in [4.69, 9.17) is 4.74 Å². The molecule has 0 spiro atoms. The molecule has 6 heteroatoms. The van der Waals surface area contributed by atoms with Crippen molar-refractivity contribution in [2.45, 2.75) is 25.8 Å². The van der Waals surface area contributed by atoms with E-state index in [1.165, 1.54) is 5.56 Å². The van der Waals surface area contributed by atoms with E-state index in [0.717, 1.165) is 52.2 Å². The molecule has 1 aliphatic rings. The van der Waals surface area contributed by atoms with Crippen molar-refractivity contribution in [1.29, 1.82) is 0 Å². The molecule has 4 rings (SSSR count). The van der Waals surface area contributed by atoms with Gasteiger partial charge in [-0.25, -0.2) is 9.97 Å². The first-order chi connectivity index (χ1) is 11.7. The van der Waals surface area contributed by atoms with Gasteiger partial charge in [0.05, 0.1) is 5.39 Å². The topological polar surface area (TPSA) is 52.0 Å². The molecule has 0 aliphatic carbocycles. The predicted molar refractivity (Wildman–Crippen MR) is 104 cm³/mol. The maximum absolute atomic E-state index is 5.44. The van der Waals surface area contributed by atoms with E-state index in [2.05, 4.69) is 79.8 Å². The van der Waals surface area contributed by atoms with Crippen LogP contribution in [-0.2, 0) is 4.74 Å². The Morgan fingerprint density at radius 3 is 2.88 bits per heavy atom. The van der Waals surface area contributed by atoms with Gasteiger partial charge in [0.15, 0.2) is 5.65 Å². The van der Waals surface area contributed by atoms with Gasteiger partial charge in [0.25, 0.3) is 0 Å². The smallest absolute Gasteiger partial charge is 0.151 e. The largest absolute Gasteiger partial charge is 0.381 e. The molecular formula is C18H19IN4O. The van der Waals surface area contributed by atoms with Gasteiger partial charge in [0.2, 0.25) is 0 Å². The maximum Gasteiger partial charge on any atom is 0.151 e. The number of halogens is 1. The average molecular weight is 434 g/mol. The lowest BCUT2D eigenvalue weighted by molar-refractivity contribution is 0.0904. The molecule has 124 valence electrons. The minimum absolute atomic E-state index is 0.412. The Balaban J connectivity index is 1.77. The molecule has 1 aromatic carbocycles. The van der Waals surface area contributed by atoms with E-state index in [1.54, 1.807) is 6.33 Å². The van der Waals surface area contributed by atoms with Crippen LogP contribution >= 0.6 is 22.6 Å². The summed E-state index contributed by atoms with van der Waals surface area (Å²) in [7, 11) is 0. The summed E-state index contributed by atoms with van der Waals surface area (Å²) in [6.45, 7) is 3.73. The monoisotopic (exact) mass is 434 g/mol. The summed E-state index contributed by atoms with van der Waals surface area (Å²) in [6, 6.07) is 8.87. The minimum atomic E-state index is 0.412. The standard InChI is InChI=1S/C18H19IN4O/c1-12-3-2-4-14(9-12)23-10-15(19)16-17(20-11-21-18(16)23)22-13-5-7-24-8-6-13/h2-4,9-11,13H,5-8H2,1H3,(H,20,21,22). The summed E-state index contributed by atoms with van der Waals surface area (Å²) in [6.07, 6.45) is 5.80. The molecule has 3 aromatic rings. The number of anilines is 1. The Labute approximate surface area is 154 Å². The van der Waals surface area contributed by atoms with Gasteiger partial charge in [0.1, 0.15) is 12.1 Å². The summed E-state index contributed by atoms with van der Waals surface area (Å²) >= 11 is 2.37. The van der Waals surface area contributed by atoms with Crippen LogP contribution in [-0.4, -0.2) is 33.8 Å². The summed E-state index contributed by atoms with van der Waals surface area (Å²) in [4.78, 5) is 9.05. The second-order valence-electron chi connectivity index (χ2n) is 6.14. The molecule has 0 atom stereocenters. The first kappa shape index (κ1) is 15.8. The van der Waals surface area contributed by atoms with E-state index in [0.29, 0.717) is 6.04 Å². The zero-order chi connectivity index (χ0) is 16.5. The molecule has 2 aromatic heterocycles. The lowest BCUT2D eigenvalue weighted by atomic mass is 10.1. The Hall–Kier alpha value is -1.67. The third-order valence-electron chi connectivity index (χ3n) is 4.38. The molecule has 0 amide bonds. The summed E-state index contributed by atoms with van der Waals surface area (Å²) in [5.74, 6) is 0.919. The Bertz CT molecular complexity index is 871. The fourth-order valence-electron chi connectivity index (χ4n) is 3.14. The van der Waals surface area contributed by atoms with Crippen LogP contribution < -0.4 is 5.32 Å². The van der Waals surface area contributed by atoms with Gasteiger partial charge in [-0.05, 0) is 60.1 Å². The first-order valence-electron chi connectivity index (χ1n) is 8.15. The summed E-state index contributed by atoms with van der Waals surface area (Å²) in [5.41, 5.74) is 3.30. The van der Waals surface area contributed by atoms with Crippen LogP contribution in [0.3, 0.4) is 0 Å². The van der Waals surface area contributed by atoms with Gasteiger partial charge in [0, 0.05) is 34.7 Å². The van der Waals surface area contributed by atoms with Crippen molar-refractivity contribution in [3.05, 3.63) is 45.9 Å². The fraction of sp³-hybridized carbons (Fsp3) is 0.333. The number of nitrogens with one attached hydrogen (secondary N) is 1. The maximum atomic E-state index is 5.44. The predicted octanol–water partition coefficient (Wildman–Crippen LogP) is 3.92. The second-order valence-corrected chi connectivity index (χ2v) is 7.30. The third-order valence-corrected chi connectivity index (χ3v) is 5.20. The van der Waals surface area contributed by atoms with E-state index in [-0.39, 0.29) is 0 Å². The number of ether oxygens (including phenoxy) is 1. The highest BCUT2D eigenvalue weighted by Gasteiger charge is 2.19. The quantitative estimate of drug-likeness (QED) is 0.635. The molecule has 5 nitrogen and oxygen atoms in total. The molecule has 3 heterocycles. The number of benzene rings is 1. The molecule has 1 fully saturated rings. The number of fused-ring (bicyclic) bond motifs is 1. The van der Waals surface area contributed by atoms with Crippen molar-refractivity contribution in [3.8, 4) is 5.69 Å².